The van der Waals surface area contributed by atoms with Crippen LogP contribution in [-0.4, -0.2) is 0 Å². The molecule has 0 amide bonds. The van der Waals surface area contributed by atoms with Gasteiger partial charge in [0.05, 0.1) is 14.7 Å². The topological polar surface area (TPSA) is 0 Å². The summed E-state index contributed by atoms with van der Waals surface area (Å²) in [5.41, 5.74) is 0. The molecular weight excluding hydrogens is 279 g/mol. The van der Waals surface area contributed by atoms with E-state index in [0.717, 1.165) is 14.6 Å². The standard InChI is InChI=1S/C8H3BrCl2S/c9-5-3-6(10)7(11)4-1-2-12-8(4)5/h1-3H. The lowest BCUT2D eigenvalue weighted by molar-refractivity contribution is 1.79. The van der Waals surface area contributed by atoms with Crippen molar-refractivity contribution in [3.63, 3.8) is 0 Å². The highest BCUT2D eigenvalue weighted by Gasteiger charge is 2.08. The SMILES string of the molecule is Clc1cc(Br)c2sccc2c1Cl. The molecule has 0 radical (unpaired) electrons. The Kier molecular flexibility index (Phi) is 2.34. The Morgan fingerprint density at radius 3 is 2.83 bits per heavy atom. The zero-order valence-electron chi connectivity index (χ0n) is 5.77. The summed E-state index contributed by atoms with van der Waals surface area (Å²) in [6, 6.07) is 3.79. The zero-order valence-corrected chi connectivity index (χ0v) is 9.69. The Bertz CT molecular complexity index is 436. The maximum absolute atomic E-state index is 5.99. The first kappa shape index (κ1) is 8.82. The number of hydrogen-bond acceptors (Lipinski definition) is 1. The molecule has 0 fully saturated rings. The molecule has 0 aliphatic rings. The van der Waals surface area contributed by atoms with E-state index >= 15 is 0 Å². The van der Waals surface area contributed by atoms with Gasteiger partial charge in [0, 0.05) is 9.86 Å². The number of rotatable bonds is 0. The first-order valence-corrected chi connectivity index (χ1v) is 5.63. The summed E-state index contributed by atoms with van der Waals surface area (Å²) in [4.78, 5) is 0. The summed E-state index contributed by atoms with van der Waals surface area (Å²) < 4.78 is 2.14. The predicted molar refractivity (Wildman–Crippen MR) is 59.5 cm³/mol. The molecule has 0 bridgehead atoms. The third-order valence-electron chi connectivity index (χ3n) is 1.58. The van der Waals surface area contributed by atoms with Crippen LogP contribution in [0, 0.1) is 0 Å². The number of fused-ring (bicyclic) bond motifs is 1. The van der Waals surface area contributed by atoms with E-state index in [9.17, 15) is 0 Å². The van der Waals surface area contributed by atoms with Gasteiger partial charge >= 0.3 is 0 Å². The maximum Gasteiger partial charge on any atom is 0.0679 e. The summed E-state index contributed by atoms with van der Waals surface area (Å²) in [7, 11) is 0. The average Bonchev–Trinajstić information content (AvgIpc) is 2.48. The van der Waals surface area contributed by atoms with Crippen molar-refractivity contribution < 1.29 is 0 Å². The van der Waals surface area contributed by atoms with Gasteiger partial charge in [-0.3, -0.25) is 0 Å². The zero-order chi connectivity index (χ0) is 8.72. The summed E-state index contributed by atoms with van der Waals surface area (Å²) >= 11 is 17.0. The van der Waals surface area contributed by atoms with Crippen molar-refractivity contribution in [3.05, 3.63) is 32.0 Å². The molecule has 0 spiro atoms. The molecule has 0 aliphatic heterocycles. The van der Waals surface area contributed by atoms with Crippen molar-refractivity contribution >= 4 is 60.6 Å². The normalized spacial score (nSPS) is 10.9. The third kappa shape index (κ3) is 1.27. The molecule has 1 aromatic carbocycles. The summed E-state index contributed by atoms with van der Waals surface area (Å²) in [6.07, 6.45) is 0. The second-order valence-electron chi connectivity index (χ2n) is 2.32. The van der Waals surface area contributed by atoms with Crippen molar-refractivity contribution in [1.29, 1.82) is 0 Å². The highest BCUT2D eigenvalue weighted by Crippen LogP contribution is 2.38. The molecule has 2 rings (SSSR count). The quantitative estimate of drug-likeness (QED) is 0.598. The van der Waals surface area contributed by atoms with Gasteiger partial charge in [-0.2, -0.15) is 0 Å². The van der Waals surface area contributed by atoms with Gasteiger partial charge in [0.1, 0.15) is 0 Å². The largest absolute Gasteiger partial charge is 0.143 e. The van der Waals surface area contributed by atoms with Crippen molar-refractivity contribution in [1.82, 2.24) is 0 Å². The number of hydrogen-bond donors (Lipinski definition) is 0. The van der Waals surface area contributed by atoms with E-state index in [1.807, 2.05) is 17.5 Å². The molecule has 2 aromatic rings. The monoisotopic (exact) mass is 280 g/mol. The Morgan fingerprint density at radius 2 is 2.08 bits per heavy atom. The fourth-order valence-corrected chi connectivity index (χ4v) is 3.18. The minimum atomic E-state index is 0.592. The smallest absolute Gasteiger partial charge is 0.0679 e. The van der Waals surface area contributed by atoms with Gasteiger partial charge in [0.25, 0.3) is 0 Å². The van der Waals surface area contributed by atoms with E-state index in [4.69, 9.17) is 23.2 Å². The van der Waals surface area contributed by atoms with Crippen LogP contribution >= 0.6 is 50.5 Å². The van der Waals surface area contributed by atoms with Gasteiger partial charge in [0.2, 0.25) is 0 Å². The van der Waals surface area contributed by atoms with Crippen LogP contribution in [0.3, 0.4) is 0 Å². The third-order valence-corrected chi connectivity index (χ3v) is 4.22. The second-order valence-corrected chi connectivity index (χ2v) is 4.87. The fourth-order valence-electron chi connectivity index (χ4n) is 1.04. The average molecular weight is 282 g/mol. The Balaban J connectivity index is 2.97. The summed E-state index contributed by atoms with van der Waals surface area (Å²) in [6.45, 7) is 0. The van der Waals surface area contributed by atoms with Crippen LogP contribution in [0.25, 0.3) is 10.1 Å². The molecule has 0 N–H and O–H groups in total. The molecule has 0 saturated carbocycles. The Labute approximate surface area is 92.2 Å². The van der Waals surface area contributed by atoms with E-state index in [0.29, 0.717) is 10.0 Å². The highest BCUT2D eigenvalue weighted by atomic mass is 79.9. The van der Waals surface area contributed by atoms with E-state index in [-0.39, 0.29) is 0 Å². The van der Waals surface area contributed by atoms with Crippen molar-refractivity contribution in [2.75, 3.05) is 0 Å². The van der Waals surface area contributed by atoms with Crippen molar-refractivity contribution in [3.8, 4) is 0 Å². The number of benzene rings is 1. The molecule has 1 aromatic heterocycles. The molecule has 0 aliphatic carbocycles. The maximum atomic E-state index is 5.99. The first-order valence-electron chi connectivity index (χ1n) is 3.21. The van der Waals surface area contributed by atoms with E-state index in [2.05, 4.69) is 15.9 Å². The van der Waals surface area contributed by atoms with Crippen LogP contribution in [0.15, 0.2) is 22.0 Å². The van der Waals surface area contributed by atoms with Gasteiger partial charge in [-0.25, -0.2) is 0 Å². The van der Waals surface area contributed by atoms with E-state index in [1.165, 1.54) is 0 Å². The minimum Gasteiger partial charge on any atom is -0.143 e. The lowest BCUT2D eigenvalue weighted by Crippen LogP contribution is -1.71. The van der Waals surface area contributed by atoms with Crippen molar-refractivity contribution in [2.24, 2.45) is 0 Å². The van der Waals surface area contributed by atoms with Crippen LogP contribution in [0.4, 0.5) is 0 Å². The molecule has 62 valence electrons. The lowest BCUT2D eigenvalue weighted by Gasteiger charge is -1.99. The van der Waals surface area contributed by atoms with Crippen LogP contribution < -0.4 is 0 Å². The molecular formula is C8H3BrCl2S. The van der Waals surface area contributed by atoms with Gasteiger partial charge < -0.3 is 0 Å². The Hall–Kier alpha value is 0.240. The van der Waals surface area contributed by atoms with E-state index < -0.39 is 0 Å². The van der Waals surface area contributed by atoms with Crippen LogP contribution in [0.5, 0.6) is 0 Å². The van der Waals surface area contributed by atoms with Crippen molar-refractivity contribution in [2.45, 2.75) is 0 Å². The summed E-state index contributed by atoms with van der Waals surface area (Å²) in [5, 5.41) is 4.24. The molecule has 0 saturated heterocycles. The predicted octanol–water partition coefficient (Wildman–Crippen LogP) is 4.97. The lowest BCUT2D eigenvalue weighted by atomic mass is 10.3. The number of halogens is 3. The summed E-state index contributed by atoms with van der Waals surface area (Å²) in [5.74, 6) is 0. The van der Waals surface area contributed by atoms with Gasteiger partial charge in [0.15, 0.2) is 0 Å². The molecule has 0 unspecified atom stereocenters. The highest BCUT2D eigenvalue weighted by molar-refractivity contribution is 9.10. The fraction of sp³-hybridized carbons (Fsp3) is 0. The minimum absolute atomic E-state index is 0.592. The molecule has 4 heteroatoms. The van der Waals surface area contributed by atoms with Gasteiger partial charge in [-0.1, -0.05) is 23.2 Å². The second kappa shape index (κ2) is 3.18. The van der Waals surface area contributed by atoms with Crippen LogP contribution in [-0.2, 0) is 0 Å². The Morgan fingerprint density at radius 1 is 1.33 bits per heavy atom. The molecule has 0 nitrogen and oxygen atoms in total. The van der Waals surface area contributed by atoms with Gasteiger partial charge in [-0.15, -0.1) is 11.3 Å². The number of thiophene rings is 1. The van der Waals surface area contributed by atoms with Gasteiger partial charge in [-0.05, 0) is 33.4 Å². The van der Waals surface area contributed by atoms with E-state index in [1.54, 1.807) is 11.3 Å². The van der Waals surface area contributed by atoms with Crippen LogP contribution in [0.2, 0.25) is 10.0 Å². The molecule has 1 heterocycles. The molecule has 12 heavy (non-hydrogen) atoms. The van der Waals surface area contributed by atoms with Crippen LogP contribution in [0.1, 0.15) is 0 Å². The first-order chi connectivity index (χ1) is 5.70. The molecule has 0 atom stereocenters.